The maximum atomic E-state index is 12.9. The van der Waals surface area contributed by atoms with Gasteiger partial charge in [0.2, 0.25) is 5.91 Å². The molecule has 3 heterocycles. The van der Waals surface area contributed by atoms with Gasteiger partial charge < -0.3 is 9.80 Å². The molecule has 4 rings (SSSR count). The second kappa shape index (κ2) is 9.76. The van der Waals surface area contributed by atoms with E-state index in [1.807, 2.05) is 28.5 Å². The fourth-order valence-electron chi connectivity index (χ4n) is 4.43. The van der Waals surface area contributed by atoms with Crippen molar-refractivity contribution in [2.45, 2.75) is 46.1 Å². The summed E-state index contributed by atoms with van der Waals surface area (Å²) in [6.45, 7) is 10.4. The van der Waals surface area contributed by atoms with Crippen LogP contribution in [0.4, 0.5) is 5.82 Å². The molecule has 0 N–H and O–H groups in total. The van der Waals surface area contributed by atoms with Gasteiger partial charge in [0, 0.05) is 36.1 Å². The van der Waals surface area contributed by atoms with Crippen LogP contribution in [0.1, 0.15) is 48.4 Å². The van der Waals surface area contributed by atoms with Crippen LogP contribution < -0.4 is 4.90 Å². The third-order valence-corrected chi connectivity index (χ3v) is 7.09. The van der Waals surface area contributed by atoms with Crippen LogP contribution in [0, 0.1) is 18.3 Å². The van der Waals surface area contributed by atoms with Crippen molar-refractivity contribution in [3.8, 4) is 17.2 Å². The number of hydrogen-bond acceptors (Lipinski definition) is 5. The predicted octanol–water partition coefficient (Wildman–Crippen LogP) is 5.39. The predicted molar refractivity (Wildman–Crippen MR) is 135 cm³/mol. The van der Waals surface area contributed by atoms with Gasteiger partial charge in [0.15, 0.2) is 0 Å². The van der Waals surface area contributed by atoms with E-state index in [0.29, 0.717) is 31.6 Å². The molecule has 3 aromatic rings. The molecule has 0 bridgehead atoms. The SMILES string of the molecule is Cc1ccc(-c2cc(C#N)c(N3CCN(C(=O)Cc4cccs4)C(C)C3)nc2C(C)C)cc1. The fourth-order valence-corrected chi connectivity index (χ4v) is 5.13. The van der Waals surface area contributed by atoms with Crippen molar-refractivity contribution >= 4 is 23.1 Å². The molecule has 0 saturated carbocycles. The highest BCUT2D eigenvalue weighted by Gasteiger charge is 2.30. The summed E-state index contributed by atoms with van der Waals surface area (Å²) in [7, 11) is 0. The lowest BCUT2D eigenvalue weighted by atomic mass is 9.95. The van der Waals surface area contributed by atoms with Gasteiger partial charge >= 0.3 is 0 Å². The van der Waals surface area contributed by atoms with Crippen LogP contribution in [0.25, 0.3) is 11.1 Å². The van der Waals surface area contributed by atoms with Crippen molar-refractivity contribution in [2.75, 3.05) is 24.5 Å². The molecule has 0 aliphatic carbocycles. The highest BCUT2D eigenvalue weighted by atomic mass is 32.1. The van der Waals surface area contributed by atoms with E-state index in [2.05, 4.69) is 62.9 Å². The van der Waals surface area contributed by atoms with Crippen LogP contribution in [-0.2, 0) is 11.2 Å². The summed E-state index contributed by atoms with van der Waals surface area (Å²) < 4.78 is 0. The Morgan fingerprint density at radius 1 is 1.24 bits per heavy atom. The molecule has 0 spiro atoms. The molecule has 1 aromatic carbocycles. The first-order chi connectivity index (χ1) is 15.9. The first-order valence-electron chi connectivity index (χ1n) is 11.5. The van der Waals surface area contributed by atoms with Crippen molar-refractivity contribution in [1.82, 2.24) is 9.88 Å². The molecule has 0 radical (unpaired) electrons. The van der Waals surface area contributed by atoms with Crippen molar-refractivity contribution in [1.29, 1.82) is 5.26 Å². The van der Waals surface area contributed by atoms with Crippen LogP contribution in [-0.4, -0.2) is 41.5 Å². The Morgan fingerprint density at radius 2 is 2.00 bits per heavy atom. The van der Waals surface area contributed by atoms with E-state index in [4.69, 9.17) is 4.98 Å². The number of rotatable bonds is 5. The minimum absolute atomic E-state index is 0.0545. The number of anilines is 1. The lowest BCUT2D eigenvalue weighted by molar-refractivity contribution is -0.132. The van der Waals surface area contributed by atoms with Crippen LogP contribution in [0.3, 0.4) is 0 Å². The number of thiophene rings is 1. The second-order valence-electron chi connectivity index (χ2n) is 9.06. The Labute approximate surface area is 200 Å². The average Bonchev–Trinajstić information content (AvgIpc) is 3.31. The van der Waals surface area contributed by atoms with E-state index >= 15 is 0 Å². The Kier molecular flexibility index (Phi) is 6.80. The zero-order chi connectivity index (χ0) is 23.5. The third-order valence-electron chi connectivity index (χ3n) is 6.21. The Hall–Kier alpha value is -3.17. The molecule has 2 aromatic heterocycles. The van der Waals surface area contributed by atoms with Crippen LogP contribution >= 0.6 is 11.3 Å². The number of piperazine rings is 1. The monoisotopic (exact) mass is 458 g/mol. The number of aromatic nitrogens is 1. The van der Waals surface area contributed by atoms with Crippen molar-refractivity contribution in [3.63, 3.8) is 0 Å². The van der Waals surface area contributed by atoms with Gasteiger partial charge in [-0.2, -0.15) is 5.26 Å². The van der Waals surface area contributed by atoms with Gasteiger partial charge in [-0.25, -0.2) is 4.98 Å². The lowest BCUT2D eigenvalue weighted by Crippen LogP contribution is -2.54. The van der Waals surface area contributed by atoms with Crippen LogP contribution in [0.15, 0.2) is 47.8 Å². The summed E-state index contributed by atoms with van der Waals surface area (Å²) in [4.78, 5) is 23.1. The summed E-state index contributed by atoms with van der Waals surface area (Å²) in [6.07, 6.45) is 0.451. The topological polar surface area (TPSA) is 60.2 Å². The van der Waals surface area contributed by atoms with Crippen molar-refractivity contribution in [3.05, 3.63) is 69.5 Å². The van der Waals surface area contributed by atoms with Crippen LogP contribution in [0.5, 0.6) is 0 Å². The average molecular weight is 459 g/mol. The van der Waals surface area contributed by atoms with Crippen LogP contribution in [0.2, 0.25) is 0 Å². The molecule has 1 amide bonds. The number of carbonyl (C=O) groups is 1. The molecule has 5 nitrogen and oxygen atoms in total. The molecule has 1 fully saturated rings. The largest absolute Gasteiger partial charge is 0.352 e. The van der Waals surface area contributed by atoms with Gasteiger partial charge in [0.25, 0.3) is 0 Å². The quantitative estimate of drug-likeness (QED) is 0.514. The molecule has 1 atom stereocenters. The molecule has 1 aliphatic heterocycles. The normalized spacial score (nSPS) is 16.2. The Balaban J connectivity index is 1.60. The summed E-state index contributed by atoms with van der Waals surface area (Å²) in [5.41, 5.74) is 4.88. The van der Waals surface area contributed by atoms with E-state index in [-0.39, 0.29) is 17.9 Å². The molecule has 1 unspecified atom stereocenters. The van der Waals surface area contributed by atoms with E-state index in [1.165, 1.54) is 5.56 Å². The highest BCUT2D eigenvalue weighted by molar-refractivity contribution is 7.10. The van der Waals surface area contributed by atoms with Gasteiger partial charge in [-0.3, -0.25) is 4.79 Å². The number of amides is 1. The molecule has 1 saturated heterocycles. The molecule has 33 heavy (non-hydrogen) atoms. The highest BCUT2D eigenvalue weighted by Crippen LogP contribution is 2.33. The minimum atomic E-state index is 0.0545. The van der Waals surface area contributed by atoms with Gasteiger partial charge in [-0.15, -0.1) is 11.3 Å². The number of carbonyl (C=O) groups excluding carboxylic acids is 1. The smallest absolute Gasteiger partial charge is 0.228 e. The first-order valence-corrected chi connectivity index (χ1v) is 12.3. The Bertz CT molecular complexity index is 1160. The molecule has 6 heteroatoms. The summed E-state index contributed by atoms with van der Waals surface area (Å²) in [6, 6.07) is 16.8. The van der Waals surface area contributed by atoms with E-state index < -0.39 is 0 Å². The molecule has 1 aliphatic rings. The summed E-state index contributed by atoms with van der Waals surface area (Å²) >= 11 is 1.62. The van der Waals surface area contributed by atoms with Crippen molar-refractivity contribution < 1.29 is 4.79 Å². The first kappa shape index (κ1) is 23.0. The standard InChI is InChI=1S/C27H30N4OS/c1-18(2)26-24(21-9-7-19(3)8-10-21)14-22(16-28)27(29-26)30-11-12-31(20(4)17-30)25(32)15-23-6-5-13-33-23/h5-10,13-14,18,20H,11-12,15,17H2,1-4H3. The number of pyridine rings is 1. The second-order valence-corrected chi connectivity index (χ2v) is 10.1. The van der Waals surface area contributed by atoms with Gasteiger partial charge in [0.05, 0.1) is 17.7 Å². The molecular formula is C27H30N4OS. The van der Waals surface area contributed by atoms with Gasteiger partial charge in [0.1, 0.15) is 11.9 Å². The van der Waals surface area contributed by atoms with Gasteiger partial charge in [-0.1, -0.05) is 49.7 Å². The number of nitriles is 1. The minimum Gasteiger partial charge on any atom is -0.352 e. The zero-order valence-corrected chi connectivity index (χ0v) is 20.5. The molecule has 170 valence electrons. The molecular weight excluding hydrogens is 428 g/mol. The Morgan fingerprint density at radius 3 is 2.61 bits per heavy atom. The number of aryl methyl sites for hydroxylation is 1. The van der Waals surface area contributed by atoms with E-state index in [1.54, 1.807) is 11.3 Å². The third kappa shape index (κ3) is 4.94. The maximum Gasteiger partial charge on any atom is 0.228 e. The number of benzene rings is 1. The zero-order valence-electron chi connectivity index (χ0n) is 19.7. The fraction of sp³-hybridized carbons (Fsp3) is 0.370. The van der Waals surface area contributed by atoms with Gasteiger partial charge in [-0.05, 0) is 42.8 Å². The number of nitrogens with zero attached hydrogens (tertiary/aromatic N) is 4. The summed E-state index contributed by atoms with van der Waals surface area (Å²) in [5, 5.41) is 12.0. The summed E-state index contributed by atoms with van der Waals surface area (Å²) in [5.74, 6) is 1.11. The van der Waals surface area contributed by atoms with E-state index in [0.717, 1.165) is 27.5 Å². The van der Waals surface area contributed by atoms with Crippen molar-refractivity contribution in [2.24, 2.45) is 0 Å². The lowest BCUT2D eigenvalue weighted by Gasteiger charge is -2.41. The maximum absolute atomic E-state index is 12.9. The van der Waals surface area contributed by atoms with E-state index in [9.17, 15) is 10.1 Å². The number of hydrogen-bond donors (Lipinski definition) is 0.